The number of rotatable bonds is 3. The van der Waals surface area contributed by atoms with Gasteiger partial charge >= 0.3 is 0 Å². The Morgan fingerprint density at radius 1 is 1.18 bits per heavy atom. The molecular formula is C12H14Cl2O2S. The summed E-state index contributed by atoms with van der Waals surface area (Å²) in [6.07, 6.45) is 2.73. The van der Waals surface area contributed by atoms with E-state index in [-0.39, 0.29) is 0 Å². The van der Waals surface area contributed by atoms with Gasteiger partial charge in [-0.3, -0.25) is 4.21 Å². The Morgan fingerprint density at radius 2 is 1.71 bits per heavy atom. The fraction of sp³-hybridized carbons (Fsp3) is 0.500. The van der Waals surface area contributed by atoms with E-state index in [1.165, 1.54) is 0 Å². The predicted octanol–water partition coefficient (Wildman–Crippen LogP) is 3.23. The lowest BCUT2D eigenvalue weighted by Gasteiger charge is -2.34. The molecule has 0 aromatic heterocycles. The molecule has 0 aliphatic heterocycles. The maximum absolute atomic E-state index is 12.3. The fourth-order valence-electron chi connectivity index (χ4n) is 2.12. The first-order chi connectivity index (χ1) is 7.97. The van der Waals surface area contributed by atoms with Gasteiger partial charge in [-0.2, -0.15) is 0 Å². The lowest BCUT2D eigenvalue weighted by molar-refractivity contribution is 0.0525. The molecule has 1 saturated carbocycles. The molecular weight excluding hydrogens is 279 g/mol. The molecule has 1 aromatic carbocycles. The van der Waals surface area contributed by atoms with Gasteiger partial charge in [0, 0.05) is 4.90 Å². The Balaban J connectivity index is 2.29. The summed E-state index contributed by atoms with van der Waals surface area (Å²) in [6, 6.07) is 8.78. The summed E-state index contributed by atoms with van der Waals surface area (Å²) in [4.78, 5) is 0.540. The third-order valence-corrected chi connectivity index (χ3v) is 6.25. The third kappa shape index (κ3) is 2.39. The van der Waals surface area contributed by atoms with Crippen molar-refractivity contribution in [2.24, 2.45) is 0 Å². The van der Waals surface area contributed by atoms with Gasteiger partial charge in [-0.05, 0) is 25.0 Å². The molecule has 1 aromatic rings. The summed E-state index contributed by atoms with van der Waals surface area (Å²) in [7, 11) is -1.64. The van der Waals surface area contributed by atoms with E-state index in [4.69, 9.17) is 23.2 Å². The molecule has 2 rings (SSSR count). The molecule has 0 saturated heterocycles. The van der Waals surface area contributed by atoms with Crippen LogP contribution in [0.2, 0.25) is 0 Å². The fourth-order valence-corrected chi connectivity index (χ4v) is 4.28. The molecule has 5 heteroatoms. The summed E-state index contributed by atoms with van der Waals surface area (Å²) in [5.41, 5.74) is -1.25. The van der Waals surface area contributed by atoms with Gasteiger partial charge in [-0.15, -0.1) is 0 Å². The minimum absolute atomic E-state index is 0.499. The number of benzene rings is 1. The maximum atomic E-state index is 12.3. The van der Waals surface area contributed by atoms with Crippen molar-refractivity contribution < 1.29 is 9.32 Å². The monoisotopic (exact) mass is 292 g/mol. The maximum Gasteiger partial charge on any atom is 0.224 e. The van der Waals surface area contributed by atoms with Crippen LogP contribution in [0.25, 0.3) is 0 Å². The van der Waals surface area contributed by atoms with Crippen LogP contribution in [0.15, 0.2) is 35.2 Å². The SMILES string of the molecule is O=S(c1ccccc1)C(Cl)(Cl)C1(O)CCCC1. The summed E-state index contributed by atoms with van der Waals surface area (Å²) in [6.45, 7) is 0. The molecule has 17 heavy (non-hydrogen) atoms. The van der Waals surface area contributed by atoms with Crippen LogP contribution in [0.4, 0.5) is 0 Å². The molecule has 1 fully saturated rings. The second-order valence-electron chi connectivity index (χ2n) is 4.34. The minimum atomic E-state index is -1.65. The highest BCUT2D eigenvalue weighted by Gasteiger charge is 2.54. The largest absolute Gasteiger partial charge is 0.386 e. The van der Waals surface area contributed by atoms with E-state index < -0.39 is 20.1 Å². The number of halogens is 2. The molecule has 0 bridgehead atoms. The highest BCUT2D eigenvalue weighted by atomic mass is 35.5. The first-order valence-electron chi connectivity index (χ1n) is 5.54. The van der Waals surface area contributed by atoms with E-state index in [1.807, 2.05) is 6.07 Å². The zero-order valence-electron chi connectivity index (χ0n) is 9.23. The van der Waals surface area contributed by atoms with Crippen molar-refractivity contribution in [3.8, 4) is 0 Å². The van der Waals surface area contributed by atoms with Crippen LogP contribution in [0, 0.1) is 0 Å². The Morgan fingerprint density at radius 3 is 2.24 bits per heavy atom. The Kier molecular flexibility index (Phi) is 3.83. The topological polar surface area (TPSA) is 37.3 Å². The second kappa shape index (κ2) is 4.88. The van der Waals surface area contributed by atoms with Crippen molar-refractivity contribution in [2.75, 3.05) is 0 Å². The van der Waals surface area contributed by atoms with Crippen molar-refractivity contribution in [3.63, 3.8) is 0 Å². The van der Waals surface area contributed by atoms with Crippen LogP contribution < -0.4 is 0 Å². The van der Waals surface area contributed by atoms with Crippen molar-refractivity contribution in [1.29, 1.82) is 0 Å². The van der Waals surface area contributed by atoms with Crippen molar-refractivity contribution in [2.45, 2.75) is 39.8 Å². The van der Waals surface area contributed by atoms with Crippen LogP contribution in [-0.4, -0.2) is 18.6 Å². The standard InChI is InChI=1S/C12H14Cl2O2S/c13-12(14,11(15)8-4-5-9-11)17(16)10-6-2-1-3-7-10/h1-3,6-7,15H,4-5,8-9H2. The Hall–Kier alpha value is -0.0900. The molecule has 2 nitrogen and oxygen atoms in total. The lowest BCUT2D eigenvalue weighted by atomic mass is 10.1. The number of hydrogen-bond donors (Lipinski definition) is 1. The van der Waals surface area contributed by atoms with Crippen LogP contribution in [0.5, 0.6) is 0 Å². The first-order valence-corrected chi connectivity index (χ1v) is 7.45. The second-order valence-corrected chi connectivity index (χ2v) is 7.73. The Labute approximate surface area is 113 Å². The normalized spacial score (nSPS) is 21.4. The van der Waals surface area contributed by atoms with Gasteiger partial charge < -0.3 is 5.11 Å². The molecule has 0 spiro atoms. The van der Waals surface area contributed by atoms with E-state index >= 15 is 0 Å². The lowest BCUT2D eigenvalue weighted by Crippen LogP contribution is -2.47. The van der Waals surface area contributed by atoms with E-state index in [0.29, 0.717) is 17.7 Å². The first kappa shape index (κ1) is 13.3. The summed E-state index contributed by atoms with van der Waals surface area (Å²) in [5.74, 6) is 0. The average molecular weight is 293 g/mol. The molecule has 1 aliphatic rings. The number of aliphatic hydroxyl groups is 1. The summed E-state index contributed by atoms with van der Waals surface area (Å²) < 4.78 is 10.7. The molecule has 0 heterocycles. The van der Waals surface area contributed by atoms with Gasteiger partial charge in [-0.25, -0.2) is 0 Å². The van der Waals surface area contributed by atoms with Gasteiger partial charge in [0.2, 0.25) is 3.67 Å². The van der Waals surface area contributed by atoms with Crippen LogP contribution in [0.1, 0.15) is 25.7 Å². The number of hydrogen-bond acceptors (Lipinski definition) is 2. The zero-order valence-corrected chi connectivity index (χ0v) is 11.6. The highest BCUT2D eigenvalue weighted by molar-refractivity contribution is 7.89. The molecule has 1 aliphatic carbocycles. The van der Waals surface area contributed by atoms with E-state index in [2.05, 4.69) is 0 Å². The van der Waals surface area contributed by atoms with Gasteiger partial charge in [0.05, 0.1) is 10.8 Å². The van der Waals surface area contributed by atoms with Gasteiger partial charge in [-0.1, -0.05) is 54.2 Å². The van der Waals surface area contributed by atoms with E-state index in [9.17, 15) is 9.32 Å². The molecule has 1 N–H and O–H groups in total. The minimum Gasteiger partial charge on any atom is -0.386 e. The summed E-state index contributed by atoms with van der Waals surface area (Å²) >= 11 is 12.4. The summed E-state index contributed by atoms with van der Waals surface area (Å²) in [5, 5.41) is 10.4. The smallest absolute Gasteiger partial charge is 0.224 e. The third-order valence-electron chi connectivity index (χ3n) is 3.16. The van der Waals surface area contributed by atoms with Crippen molar-refractivity contribution >= 4 is 34.0 Å². The van der Waals surface area contributed by atoms with Gasteiger partial charge in [0.15, 0.2) is 0 Å². The molecule has 94 valence electrons. The van der Waals surface area contributed by atoms with Crippen molar-refractivity contribution in [1.82, 2.24) is 0 Å². The molecule has 1 atom stereocenters. The molecule has 1 unspecified atom stereocenters. The van der Waals surface area contributed by atoms with E-state index in [0.717, 1.165) is 12.8 Å². The average Bonchev–Trinajstić information content (AvgIpc) is 2.78. The van der Waals surface area contributed by atoms with E-state index in [1.54, 1.807) is 24.3 Å². The highest BCUT2D eigenvalue weighted by Crippen LogP contribution is 2.48. The predicted molar refractivity (Wildman–Crippen MR) is 70.7 cm³/mol. The van der Waals surface area contributed by atoms with Crippen LogP contribution >= 0.6 is 23.2 Å². The number of alkyl halides is 2. The Bertz CT molecular complexity index is 414. The quantitative estimate of drug-likeness (QED) is 0.869. The van der Waals surface area contributed by atoms with Crippen LogP contribution in [0.3, 0.4) is 0 Å². The van der Waals surface area contributed by atoms with Crippen molar-refractivity contribution in [3.05, 3.63) is 30.3 Å². The van der Waals surface area contributed by atoms with Gasteiger partial charge in [0.25, 0.3) is 0 Å². The molecule has 0 amide bonds. The van der Waals surface area contributed by atoms with Crippen LogP contribution in [-0.2, 0) is 10.8 Å². The van der Waals surface area contributed by atoms with Gasteiger partial charge in [0.1, 0.15) is 5.60 Å². The zero-order chi connectivity index (χ0) is 12.5. The molecule has 0 radical (unpaired) electrons.